The molecule has 0 aliphatic heterocycles. The third-order valence-corrected chi connectivity index (χ3v) is 5.90. The van der Waals surface area contributed by atoms with Gasteiger partial charge in [0.15, 0.2) is 5.58 Å². The maximum atomic E-state index is 12.5. The molecule has 2 N–H and O–H groups in total. The Bertz CT molecular complexity index is 1290. The molecule has 0 aliphatic rings. The number of rotatable bonds is 6. The van der Waals surface area contributed by atoms with Crippen LogP contribution in [0, 0.1) is 6.92 Å². The molecule has 0 saturated carbocycles. The topological polar surface area (TPSA) is 106 Å². The van der Waals surface area contributed by atoms with Crippen LogP contribution in [-0.2, 0) is 11.3 Å². The Morgan fingerprint density at radius 3 is 2.61 bits per heavy atom. The quantitative estimate of drug-likeness (QED) is 0.451. The van der Waals surface area contributed by atoms with Crippen molar-refractivity contribution in [3.63, 3.8) is 0 Å². The van der Waals surface area contributed by atoms with E-state index < -0.39 is 11.7 Å². The van der Waals surface area contributed by atoms with Crippen LogP contribution in [-0.4, -0.2) is 21.4 Å². The van der Waals surface area contributed by atoms with E-state index in [1.54, 1.807) is 25.1 Å². The van der Waals surface area contributed by atoms with Crippen molar-refractivity contribution in [3.05, 3.63) is 75.7 Å². The smallest absolute Gasteiger partial charge is 0.408 e. The number of hydrazine groups is 1. The molecule has 2 heterocycles. The number of carbonyl (C=O) groups is 2. The number of nitrogens with one attached hydrogen (secondary N) is 2. The van der Waals surface area contributed by atoms with Gasteiger partial charge in [0.25, 0.3) is 5.91 Å². The number of fused-ring (bicyclic) bond motifs is 1. The van der Waals surface area contributed by atoms with Gasteiger partial charge in [0.1, 0.15) is 9.88 Å². The molecule has 2 aromatic carbocycles. The summed E-state index contributed by atoms with van der Waals surface area (Å²) in [5.74, 6) is -1.22. The van der Waals surface area contributed by atoms with E-state index in [9.17, 15) is 14.4 Å². The highest BCUT2D eigenvalue weighted by molar-refractivity contribution is 7.17. The molecule has 9 heteroatoms. The SMILES string of the molecule is Cc1nc(-c2ccccc2)sc1C(=O)NNC(=O)CCCn1c(=O)oc2ccccc21. The van der Waals surface area contributed by atoms with Crippen LogP contribution in [0.4, 0.5) is 0 Å². The van der Waals surface area contributed by atoms with E-state index in [4.69, 9.17) is 4.42 Å². The maximum absolute atomic E-state index is 12.5. The van der Waals surface area contributed by atoms with Gasteiger partial charge in [-0.1, -0.05) is 42.5 Å². The van der Waals surface area contributed by atoms with Crippen LogP contribution in [0.1, 0.15) is 28.2 Å². The summed E-state index contributed by atoms with van der Waals surface area (Å²) in [6, 6.07) is 16.7. The molecule has 158 valence electrons. The first-order valence-corrected chi connectivity index (χ1v) is 10.5. The number of hydrogen-bond donors (Lipinski definition) is 2. The van der Waals surface area contributed by atoms with Crippen LogP contribution in [0.2, 0.25) is 0 Å². The predicted molar refractivity (Wildman–Crippen MR) is 118 cm³/mol. The van der Waals surface area contributed by atoms with Gasteiger partial charge in [-0.25, -0.2) is 9.78 Å². The fraction of sp³-hybridized carbons (Fsp3) is 0.182. The molecule has 2 amide bonds. The minimum atomic E-state index is -0.454. The minimum Gasteiger partial charge on any atom is -0.408 e. The summed E-state index contributed by atoms with van der Waals surface area (Å²) < 4.78 is 6.67. The second-order valence-corrected chi connectivity index (χ2v) is 7.89. The van der Waals surface area contributed by atoms with Crippen molar-refractivity contribution in [1.29, 1.82) is 0 Å². The summed E-state index contributed by atoms with van der Waals surface area (Å²) in [5.41, 5.74) is 7.59. The fourth-order valence-corrected chi connectivity index (χ4v) is 4.15. The minimum absolute atomic E-state index is 0.142. The van der Waals surface area contributed by atoms with E-state index in [0.29, 0.717) is 34.6 Å². The zero-order valence-corrected chi connectivity index (χ0v) is 17.6. The lowest BCUT2D eigenvalue weighted by Crippen LogP contribution is -2.41. The zero-order valence-electron chi connectivity index (χ0n) is 16.8. The number of aryl methyl sites for hydroxylation is 2. The van der Waals surface area contributed by atoms with Crippen LogP contribution in [0.5, 0.6) is 0 Å². The van der Waals surface area contributed by atoms with Crippen LogP contribution in [0.3, 0.4) is 0 Å². The van der Waals surface area contributed by atoms with Crippen molar-refractivity contribution in [2.45, 2.75) is 26.3 Å². The third kappa shape index (κ3) is 4.56. The van der Waals surface area contributed by atoms with Crippen molar-refractivity contribution in [2.24, 2.45) is 0 Å². The number of amides is 2. The molecule has 4 rings (SSSR count). The lowest BCUT2D eigenvalue weighted by molar-refractivity contribution is -0.122. The van der Waals surface area contributed by atoms with Crippen LogP contribution in [0.15, 0.2) is 63.8 Å². The highest BCUT2D eigenvalue weighted by Crippen LogP contribution is 2.27. The summed E-state index contributed by atoms with van der Waals surface area (Å²) in [6.07, 6.45) is 0.562. The second-order valence-electron chi connectivity index (χ2n) is 6.89. The Morgan fingerprint density at radius 1 is 1.06 bits per heavy atom. The van der Waals surface area contributed by atoms with Gasteiger partial charge in [0.05, 0.1) is 11.2 Å². The van der Waals surface area contributed by atoms with Crippen LogP contribution >= 0.6 is 11.3 Å². The summed E-state index contributed by atoms with van der Waals surface area (Å²) in [4.78, 5) is 41.4. The van der Waals surface area contributed by atoms with Gasteiger partial charge in [0, 0.05) is 18.5 Å². The Hall–Kier alpha value is -3.72. The molecule has 0 radical (unpaired) electrons. The van der Waals surface area contributed by atoms with Crippen molar-refractivity contribution < 1.29 is 14.0 Å². The molecule has 0 atom stereocenters. The highest BCUT2D eigenvalue weighted by atomic mass is 32.1. The molecule has 31 heavy (non-hydrogen) atoms. The van der Waals surface area contributed by atoms with Gasteiger partial charge >= 0.3 is 5.76 Å². The molecule has 0 aliphatic carbocycles. The number of hydrogen-bond acceptors (Lipinski definition) is 6. The second kappa shape index (κ2) is 8.97. The average Bonchev–Trinajstić information content (AvgIpc) is 3.32. The first kappa shape index (κ1) is 20.5. The third-order valence-electron chi connectivity index (χ3n) is 4.70. The molecular formula is C22H20N4O4S. The Balaban J connectivity index is 1.30. The van der Waals surface area contributed by atoms with Crippen molar-refractivity contribution in [2.75, 3.05) is 0 Å². The number of thiazole rings is 1. The summed E-state index contributed by atoms with van der Waals surface area (Å²) in [7, 11) is 0. The highest BCUT2D eigenvalue weighted by Gasteiger charge is 2.17. The van der Waals surface area contributed by atoms with Gasteiger partial charge in [-0.2, -0.15) is 0 Å². The largest absolute Gasteiger partial charge is 0.419 e. The number of nitrogens with zero attached hydrogens (tertiary/aromatic N) is 2. The Labute approximate surface area is 181 Å². The molecular weight excluding hydrogens is 416 g/mol. The molecule has 0 spiro atoms. The molecule has 2 aromatic heterocycles. The monoisotopic (exact) mass is 436 g/mol. The van der Waals surface area contributed by atoms with E-state index in [0.717, 1.165) is 10.6 Å². The summed E-state index contributed by atoms with van der Waals surface area (Å²) in [6.45, 7) is 2.10. The molecule has 0 bridgehead atoms. The van der Waals surface area contributed by atoms with Crippen molar-refractivity contribution in [3.8, 4) is 10.6 Å². The zero-order chi connectivity index (χ0) is 21.8. The van der Waals surface area contributed by atoms with E-state index in [2.05, 4.69) is 15.8 Å². The number of oxazole rings is 1. The van der Waals surface area contributed by atoms with Gasteiger partial charge in [-0.3, -0.25) is 25.0 Å². The molecule has 8 nitrogen and oxygen atoms in total. The van der Waals surface area contributed by atoms with Gasteiger partial charge in [-0.05, 0) is 25.5 Å². The lowest BCUT2D eigenvalue weighted by atomic mass is 10.2. The Morgan fingerprint density at radius 2 is 1.81 bits per heavy atom. The molecule has 0 saturated heterocycles. The summed E-state index contributed by atoms with van der Waals surface area (Å²) in [5, 5.41) is 0.743. The molecule has 0 unspecified atom stereocenters. The number of para-hydroxylation sites is 2. The van der Waals surface area contributed by atoms with Crippen molar-refractivity contribution in [1.82, 2.24) is 20.4 Å². The van der Waals surface area contributed by atoms with Gasteiger partial charge < -0.3 is 4.42 Å². The molecule has 0 fully saturated rings. The fourth-order valence-electron chi connectivity index (χ4n) is 3.18. The van der Waals surface area contributed by atoms with Crippen molar-refractivity contribution >= 4 is 34.3 Å². The number of carbonyl (C=O) groups excluding carboxylic acids is 2. The van der Waals surface area contributed by atoms with E-state index in [-0.39, 0.29) is 12.3 Å². The number of benzene rings is 2. The van der Waals surface area contributed by atoms with Gasteiger partial charge in [0.2, 0.25) is 5.91 Å². The normalized spacial score (nSPS) is 10.9. The van der Waals surface area contributed by atoms with Gasteiger partial charge in [-0.15, -0.1) is 11.3 Å². The standard InChI is InChI=1S/C22H20N4O4S/c1-14-19(31-21(23-14)15-8-3-2-4-9-15)20(28)25-24-18(27)12-7-13-26-16-10-5-6-11-17(16)30-22(26)29/h2-6,8-11H,7,12-13H2,1H3,(H,24,27)(H,25,28). The van der Waals surface area contributed by atoms with Crippen LogP contribution < -0.4 is 16.6 Å². The maximum Gasteiger partial charge on any atom is 0.419 e. The van der Waals surface area contributed by atoms with E-state index >= 15 is 0 Å². The molecule has 4 aromatic rings. The van der Waals surface area contributed by atoms with Crippen LogP contribution in [0.25, 0.3) is 21.7 Å². The van der Waals surface area contributed by atoms with E-state index in [1.165, 1.54) is 15.9 Å². The first-order chi connectivity index (χ1) is 15.0. The summed E-state index contributed by atoms with van der Waals surface area (Å²) >= 11 is 1.27. The predicted octanol–water partition coefficient (Wildman–Crippen LogP) is 3.27. The Kier molecular flexibility index (Phi) is 5.94. The average molecular weight is 436 g/mol. The lowest BCUT2D eigenvalue weighted by Gasteiger charge is -2.07. The number of aromatic nitrogens is 2. The van der Waals surface area contributed by atoms with E-state index in [1.807, 2.05) is 36.4 Å². The first-order valence-electron chi connectivity index (χ1n) is 9.73.